The Morgan fingerprint density at radius 2 is 2.12 bits per heavy atom. The largest absolute Gasteiger partial charge is 0.384 e. The molecule has 5 heteroatoms. The van der Waals surface area contributed by atoms with Gasteiger partial charge in [-0.05, 0) is 25.1 Å². The van der Waals surface area contributed by atoms with Crippen molar-refractivity contribution in [3.8, 4) is 0 Å². The molecule has 0 unspecified atom stereocenters. The first-order chi connectivity index (χ1) is 8.13. The summed E-state index contributed by atoms with van der Waals surface area (Å²) in [4.78, 5) is 9.61. The van der Waals surface area contributed by atoms with Crippen molar-refractivity contribution in [2.45, 2.75) is 17.6 Å². The molecule has 0 saturated heterocycles. The number of nitrogens with zero attached hydrogens (tertiary/aromatic N) is 2. The second-order valence-corrected chi connectivity index (χ2v) is 5.08. The normalized spacial score (nSPS) is 10.5. The van der Waals surface area contributed by atoms with Crippen LogP contribution in [-0.4, -0.2) is 9.97 Å². The molecule has 1 aromatic heterocycles. The first kappa shape index (κ1) is 12.2. The van der Waals surface area contributed by atoms with Gasteiger partial charge in [-0.25, -0.2) is 9.97 Å². The van der Waals surface area contributed by atoms with Crippen molar-refractivity contribution in [2.24, 2.45) is 0 Å². The molecule has 88 valence electrons. The summed E-state index contributed by atoms with van der Waals surface area (Å²) in [5.41, 5.74) is 6.56. The van der Waals surface area contributed by atoms with Crippen molar-refractivity contribution in [1.29, 1.82) is 0 Å². The van der Waals surface area contributed by atoms with Crippen molar-refractivity contribution in [3.05, 3.63) is 46.9 Å². The number of anilines is 1. The highest BCUT2D eigenvalue weighted by Gasteiger charge is 2.02. The van der Waals surface area contributed by atoms with Gasteiger partial charge in [-0.1, -0.05) is 17.7 Å². The Morgan fingerprint density at radius 1 is 1.29 bits per heavy atom. The molecule has 0 amide bonds. The predicted octanol–water partition coefficient (Wildman–Crippen LogP) is 3.31. The lowest BCUT2D eigenvalue weighted by molar-refractivity contribution is 1.00. The van der Waals surface area contributed by atoms with Gasteiger partial charge in [0.15, 0.2) is 0 Å². The van der Waals surface area contributed by atoms with Gasteiger partial charge in [-0.2, -0.15) is 0 Å². The summed E-state index contributed by atoms with van der Waals surface area (Å²) >= 11 is 7.55. The molecule has 0 aliphatic heterocycles. The fourth-order valence-electron chi connectivity index (χ4n) is 1.43. The number of hydrogen-bond donors (Lipinski definition) is 1. The van der Waals surface area contributed by atoms with E-state index in [1.807, 2.05) is 31.2 Å². The average Bonchev–Trinajstić information content (AvgIpc) is 2.25. The number of aromatic nitrogens is 2. The number of aryl methyl sites for hydroxylation is 1. The van der Waals surface area contributed by atoms with Crippen LogP contribution in [0.25, 0.3) is 0 Å². The van der Waals surface area contributed by atoms with Crippen LogP contribution in [0.5, 0.6) is 0 Å². The molecular weight excluding hydrogens is 254 g/mol. The van der Waals surface area contributed by atoms with E-state index in [-0.39, 0.29) is 0 Å². The van der Waals surface area contributed by atoms with Crippen LogP contribution in [0.4, 0.5) is 5.82 Å². The highest BCUT2D eigenvalue weighted by atomic mass is 35.5. The Hall–Kier alpha value is -1.26. The Labute approximate surface area is 109 Å². The van der Waals surface area contributed by atoms with E-state index in [1.165, 1.54) is 0 Å². The molecule has 0 bridgehead atoms. The lowest BCUT2D eigenvalue weighted by Gasteiger charge is -2.03. The molecule has 1 heterocycles. The Bertz CT molecular complexity index is 511. The zero-order valence-electron chi connectivity index (χ0n) is 9.35. The minimum Gasteiger partial charge on any atom is -0.384 e. The van der Waals surface area contributed by atoms with Crippen LogP contribution in [0.15, 0.2) is 35.2 Å². The van der Waals surface area contributed by atoms with Crippen molar-refractivity contribution in [1.82, 2.24) is 9.97 Å². The zero-order valence-corrected chi connectivity index (χ0v) is 10.9. The summed E-state index contributed by atoms with van der Waals surface area (Å²) in [5, 5.41) is 0.736. The monoisotopic (exact) mass is 265 g/mol. The van der Waals surface area contributed by atoms with E-state index in [9.17, 15) is 0 Å². The van der Waals surface area contributed by atoms with E-state index in [1.54, 1.807) is 17.8 Å². The Morgan fingerprint density at radius 3 is 2.82 bits per heavy atom. The van der Waals surface area contributed by atoms with Crippen LogP contribution in [0.1, 0.15) is 11.5 Å². The number of benzene rings is 1. The third kappa shape index (κ3) is 3.61. The minimum atomic E-state index is 0.513. The predicted molar refractivity (Wildman–Crippen MR) is 72.2 cm³/mol. The van der Waals surface area contributed by atoms with Crippen LogP contribution < -0.4 is 5.73 Å². The molecule has 0 radical (unpaired) electrons. The maximum atomic E-state index is 5.91. The summed E-state index contributed by atoms with van der Waals surface area (Å²) in [6.07, 6.45) is 0. The summed E-state index contributed by atoms with van der Waals surface area (Å²) < 4.78 is 0. The molecule has 0 aliphatic carbocycles. The molecule has 3 nitrogen and oxygen atoms in total. The lowest BCUT2D eigenvalue weighted by Crippen LogP contribution is -1.99. The Balaban J connectivity index is 2.07. The molecule has 2 rings (SSSR count). The second kappa shape index (κ2) is 5.38. The number of halogens is 1. The van der Waals surface area contributed by atoms with E-state index in [2.05, 4.69) is 9.97 Å². The molecule has 0 aliphatic rings. The van der Waals surface area contributed by atoms with E-state index in [0.717, 1.165) is 21.4 Å². The van der Waals surface area contributed by atoms with Gasteiger partial charge in [0.1, 0.15) is 11.6 Å². The third-order valence-electron chi connectivity index (χ3n) is 2.08. The van der Waals surface area contributed by atoms with Gasteiger partial charge in [0, 0.05) is 21.7 Å². The molecule has 2 aromatic rings. The molecule has 0 fully saturated rings. The van der Waals surface area contributed by atoms with Gasteiger partial charge in [0.2, 0.25) is 0 Å². The molecule has 17 heavy (non-hydrogen) atoms. The van der Waals surface area contributed by atoms with Gasteiger partial charge < -0.3 is 5.73 Å². The number of hydrogen-bond acceptors (Lipinski definition) is 4. The number of nitrogen functional groups attached to an aromatic ring is 1. The number of rotatable bonds is 3. The summed E-state index contributed by atoms with van der Waals surface area (Å²) in [6, 6.07) is 9.47. The smallest absolute Gasteiger partial charge is 0.141 e. The van der Waals surface area contributed by atoms with Crippen LogP contribution in [0, 0.1) is 6.92 Å². The van der Waals surface area contributed by atoms with Gasteiger partial charge in [0.05, 0.1) is 5.75 Å². The quantitative estimate of drug-likeness (QED) is 0.865. The van der Waals surface area contributed by atoms with Crippen LogP contribution in [0.2, 0.25) is 5.02 Å². The van der Waals surface area contributed by atoms with Gasteiger partial charge in [-0.15, -0.1) is 11.8 Å². The molecule has 1 aromatic carbocycles. The van der Waals surface area contributed by atoms with E-state index >= 15 is 0 Å². The van der Waals surface area contributed by atoms with Crippen molar-refractivity contribution in [3.63, 3.8) is 0 Å². The molecular formula is C12H12ClN3S. The van der Waals surface area contributed by atoms with Gasteiger partial charge in [0.25, 0.3) is 0 Å². The highest BCUT2D eigenvalue weighted by Crippen LogP contribution is 2.24. The van der Waals surface area contributed by atoms with Gasteiger partial charge >= 0.3 is 0 Å². The van der Waals surface area contributed by atoms with Crippen molar-refractivity contribution < 1.29 is 0 Å². The van der Waals surface area contributed by atoms with E-state index in [4.69, 9.17) is 17.3 Å². The fraction of sp³-hybridized carbons (Fsp3) is 0.167. The van der Waals surface area contributed by atoms with E-state index in [0.29, 0.717) is 11.6 Å². The fourth-order valence-corrected chi connectivity index (χ4v) is 2.49. The van der Waals surface area contributed by atoms with E-state index < -0.39 is 0 Å². The summed E-state index contributed by atoms with van der Waals surface area (Å²) in [6.45, 7) is 1.91. The topological polar surface area (TPSA) is 51.8 Å². The summed E-state index contributed by atoms with van der Waals surface area (Å²) in [5.74, 6) is 1.94. The minimum absolute atomic E-state index is 0.513. The SMILES string of the molecule is Cc1cc(N)nc(CSc2cccc(Cl)c2)n1. The van der Waals surface area contributed by atoms with Crippen molar-refractivity contribution >= 4 is 29.2 Å². The first-order valence-electron chi connectivity index (χ1n) is 5.12. The number of nitrogens with two attached hydrogens (primary N) is 1. The third-order valence-corrected chi connectivity index (χ3v) is 3.31. The van der Waals surface area contributed by atoms with Gasteiger partial charge in [-0.3, -0.25) is 0 Å². The highest BCUT2D eigenvalue weighted by molar-refractivity contribution is 7.98. The molecule has 2 N–H and O–H groups in total. The van der Waals surface area contributed by atoms with Crippen molar-refractivity contribution in [2.75, 3.05) is 5.73 Å². The maximum absolute atomic E-state index is 5.91. The maximum Gasteiger partial charge on any atom is 0.141 e. The Kier molecular flexibility index (Phi) is 3.86. The zero-order chi connectivity index (χ0) is 12.3. The first-order valence-corrected chi connectivity index (χ1v) is 6.48. The molecule has 0 spiro atoms. The number of thioether (sulfide) groups is 1. The van der Waals surface area contributed by atoms with Crippen LogP contribution in [-0.2, 0) is 5.75 Å². The van der Waals surface area contributed by atoms with Crippen LogP contribution in [0.3, 0.4) is 0 Å². The second-order valence-electron chi connectivity index (χ2n) is 3.60. The average molecular weight is 266 g/mol. The lowest BCUT2D eigenvalue weighted by atomic mass is 10.4. The summed E-state index contributed by atoms with van der Waals surface area (Å²) in [7, 11) is 0. The standard InChI is InChI=1S/C12H12ClN3S/c1-8-5-11(14)16-12(15-8)7-17-10-4-2-3-9(13)6-10/h2-6H,7H2,1H3,(H2,14,15,16). The molecule has 0 saturated carbocycles. The van der Waals surface area contributed by atoms with Crippen LogP contribution >= 0.6 is 23.4 Å². The molecule has 0 atom stereocenters.